The number of likely N-dealkylation sites (tertiary alicyclic amines) is 1. The average Bonchev–Trinajstić information content (AvgIpc) is 3.57. The van der Waals surface area contributed by atoms with Gasteiger partial charge in [-0.25, -0.2) is 0 Å². The van der Waals surface area contributed by atoms with Gasteiger partial charge in [-0.3, -0.25) is 34.2 Å². The van der Waals surface area contributed by atoms with E-state index in [0.29, 0.717) is 27.7 Å². The van der Waals surface area contributed by atoms with Gasteiger partial charge in [-0.15, -0.1) is 0 Å². The van der Waals surface area contributed by atoms with Crippen molar-refractivity contribution in [2.24, 2.45) is 7.05 Å². The zero-order valence-corrected chi connectivity index (χ0v) is 28.7. The van der Waals surface area contributed by atoms with Crippen LogP contribution in [0.15, 0.2) is 45.7 Å². The highest BCUT2D eigenvalue weighted by molar-refractivity contribution is 9.10. The van der Waals surface area contributed by atoms with Crippen molar-refractivity contribution in [2.45, 2.75) is 44.6 Å². The van der Waals surface area contributed by atoms with E-state index in [9.17, 15) is 24.5 Å². The number of ether oxygens (including phenoxy) is 1. The van der Waals surface area contributed by atoms with Crippen LogP contribution in [-0.2, 0) is 16.6 Å². The molecule has 0 bridgehead atoms. The Balaban J connectivity index is 1.49. The molecule has 244 valence electrons. The number of aryl methyl sites for hydroxylation is 1. The molecule has 0 aliphatic carbocycles. The normalized spacial score (nSPS) is 21.2. The average molecular weight is 763 g/mol. The van der Waals surface area contributed by atoms with Crippen LogP contribution in [0.25, 0.3) is 0 Å². The van der Waals surface area contributed by atoms with Crippen molar-refractivity contribution in [2.75, 3.05) is 42.6 Å². The van der Waals surface area contributed by atoms with Gasteiger partial charge < -0.3 is 30.5 Å². The molecule has 5 rings (SSSR count). The van der Waals surface area contributed by atoms with Crippen LogP contribution in [0.4, 0.5) is 22.9 Å². The molecule has 3 amide bonds. The van der Waals surface area contributed by atoms with Crippen molar-refractivity contribution >= 4 is 72.5 Å². The first kappa shape index (κ1) is 33.3. The fourth-order valence-electron chi connectivity index (χ4n) is 5.79. The second kappa shape index (κ2) is 13.7. The Bertz CT molecular complexity index is 1670. The Kier molecular flexibility index (Phi) is 9.93. The number of anilines is 3. The standard InChI is InChI=1S/C29H33Br2N9O6/c1-15-11-38(12-16(2)46-15)29(43)21-6-18(30)7-23(40(44)45)25(21)34-20-8-24(27(41)35-26-22(31)14-37(4)36-26)39(13-20)28(42)17-5-19(32-3)10-33-9-17/h5-7,9-10,14-16,20,24,32,34H,8,11-13H2,1-4H3,(H,35,36,41)/t15-,16+,20-,24?/m1/s1. The summed E-state index contributed by atoms with van der Waals surface area (Å²) in [4.78, 5) is 60.3. The third-order valence-corrected chi connectivity index (χ3v) is 8.77. The summed E-state index contributed by atoms with van der Waals surface area (Å²) in [6, 6.07) is 2.87. The third-order valence-electron chi connectivity index (χ3n) is 7.73. The maximum absolute atomic E-state index is 13.9. The molecule has 2 aliphatic heterocycles. The van der Waals surface area contributed by atoms with Crippen LogP contribution >= 0.6 is 31.9 Å². The number of nitro groups is 1. The Hall–Kier alpha value is -4.09. The predicted octanol–water partition coefficient (Wildman–Crippen LogP) is 3.87. The molecular formula is C29H33Br2N9O6. The number of halogens is 2. The monoisotopic (exact) mass is 761 g/mol. The molecule has 2 aliphatic rings. The third kappa shape index (κ3) is 7.15. The van der Waals surface area contributed by atoms with E-state index in [2.05, 4.69) is 57.9 Å². The Morgan fingerprint density at radius 2 is 1.78 bits per heavy atom. The van der Waals surface area contributed by atoms with Crippen LogP contribution in [0.5, 0.6) is 0 Å². The Morgan fingerprint density at radius 3 is 2.41 bits per heavy atom. The molecule has 3 aromatic rings. The summed E-state index contributed by atoms with van der Waals surface area (Å²) in [5.41, 5.74) is 0.649. The van der Waals surface area contributed by atoms with Crippen molar-refractivity contribution in [3.05, 3.63) is 67.0 Å². The van der Waals surface area contributed by atoms with Crippen LogP contribution in [0.1, 0.15) is 41.0 Å². The van der Waals surface area contributed by atoms with Crippen molar-refractivity contribution in [3.63, 3.8) is 0 Å². The van der Waals surface area contributed by atoms with Crippen LogP contribution in [-0.4, -0.2) is 98.2 Å². The summed E-state index contributed by atoms with van der Waals surface area (Å²) in [6.07, 6.45) is 4.32. The molecule has 1 unspecified atom stereocenters. The summed E-state index contributed by atoms with van der Waals surface area (Å²) in [7, 11) is 3.40. The lowest BCUT2D eigenvalue weighted by atomic mass is 10.1. The molecule has 0 spiro atoms. The van der Waals surface area contributed by atoms with Crippen LogP contribution in [0.3, 0.4) is 0 Å². The molecule has 2 aromatic heterocycles. The van der Waals surface area contributed by atoms with Crippen LogP contribution in [0, 0.1) is 10.1 Å². The lowest BCUT2D eigenvalue weighted by molar-refractivity contribution is -0.384. The van der Waals surface area contributed by atoms with Gasteiger partial charge in [0.15, 0.2) is 5.82 Å². The van der Waals surface area contributed by atoms with Gasteiger partial charge in [0.1, 0.15) is 11.7 Å². The number of nitro benzene ring substituents is 1. The number of carbonyl (C=O) groups is 3. The lowest BCUT2D eigenvalue weighted by Crippen LogP contribution is -2.48. The first-order chi connectivity index (χ1) is 21.8. The highest BCUT2D eigenvalue weighted by atomic mass is 79.9. The first-order valence-electron chi connectivity index (χ1n) is 14.5. The number of nitrogens with one attached hydrogen (secondary N) is 3. The first-order valence-corrected chi connectivity index (χ1v) is 16.1. The lowest BCUT2D eigenvalue weighted by Gasteiger charge is -2.35. The SMILES string of the molecule is CNc1cncc(C(=O)N2C[C@H](Nc3c(C(=O)N4C[C@@H](C)O[C@@H](C)C4)cc(Br)cc3[N+](=O)[O-])CC2C(=O)Nc2nn(C)cc2Br)c1. The smallest absolute Gasteiger partial charge is 0.294 e. The molecule has 4 heterocycles. The molecule has 3 N–H and O–H groups in total. The van der Waals surface area contributed by atoms with Crippen molar-refractivity contribution < 1.29 is 24.0 Å². The Labute approximate surface area is 281 Å². The molecule has 4 atom stereocenters. The van der Waals surface area contributed by atoms with E-state index < -0.39 is 34.7 Å². The second-order valence-electron chi connectivity index (χ2n) is 11.3. The number of aromatic nitrogens is 3. The maximum atomic E-state index is 13.9. The van der Waals surface area contributed by atoms with E-state index in [1.165, 1.54) is 27.9 Å². The summed E-state index contributed by atoms with van der Waals surface area (Å²) < 4.78 is 8.22. The molecule has 0 radical (unpaired) electrons. The van der Waals surface area contributed by atoms with Gasteiger partial charge in [-0.1, -0.05) is 15.9 Å². The number of nitrogens with zero attached hydrogens (tertiary/aromatic N) is 6. The quantitative estimate of drug-likeness (QED) is 0.226. The zero-order chi connectivity index (χ0) is 33.3. The maximum Gasteiger partial charge on any atom is 0.294 e. The molecule has 17 heteroatoms. The molecule has 2 saturated heterocycles. The van der Waals surface area contributed by atoms with Gasteiger partial charge in [-0.2, -0.15) is 5.10 Å². The van der Waals surface area contributed by atoms with Crippen LogP contribution in [0.2, 0.25) is 0 Å². The van der Waals surface area contributed by atoms with Gasteiger partial charge in [0, 0.05) is 68.9 Å². The minimum Gasteiger partial charge on any atom is -0.387 e. The number of pyridine rings is 1. The van der Waals surface area contributed by atoms with Gasteiger partial charge in [0.2, 0.25) is 5.91 Å². The fourth-order valence-corrected chi connectivity index (χ4v) is 6.71. The molecule has 46 heavy (non-hydrogen) atoms. The fraction of sp³-hybridized carbons (Fsp3) is 0.414. The van der Waals surface area contributed by atoms with E-state index in [4.69, 9.17) is 4.74 Å². The van der Waals surface area contributed by atoms with E-state index in [1.807, 2.05) is 13.8 Å². The van der Waals surface area contributed by atoms with Gasteiger partial charge in [0.25, 0.3) is 17.5 Å². The number of rotatable bonds is 8. The highest BCUT2D eigenvalue weighted by Gasteiger charge is 2.42. The molecule has 2 fully saturated rings. The number of hydrogen-bond acceptors (Lipinski definition) is 10. The topological polar surface area (TPSA) is 177 Å². The minimum absolute atomic E-state index is 0.00905. The van der Waals surface area contributed by atoms with Crippen molar-refractivity contribution in [1.29, 1.82) is 0 Å². The van der Waals surface area contributed by atoms with Gasteiger partial charge in [-0.05, 0) is 48.3 Å². The van der Waals surface area contributed by atoms with E-state index >= 15 is 0 Å². The summed E-state index contributed by atoms with van der Waals surface area (Å²) in [5.74, 6) is -1.07. The van der Waals surface area contributed by atoms with E-state index in [-0.39, 0.29) is 53.5 Å². The number of amides is 3. The highest BCUT2D eigenvalue weighted by Crippen LogP contribution is 2.36. The van der Waals surface area contributed by atoms with Gasteiger partial charge in [0.05, 0.1) is 38.4 Å². The number of hydrogen-bond donors (Lipinski definition) is 3. The second-order valence-corrected chi connectivity index (χ2v) is 13.1. The molecule has 1 aromatic carbocycles. The van der Waals surface area contributed by atoms with Crippen molar-refractivity contribution in [3.8, 4) is 0 Å². The number of carbonyl (C=O) groups excluding carboxylic acids is 3. The number of morpholine rings is 1. The number of benzene rings is 1. The van der Waals surface area contributed by atoms with Gasteiger partial charge >= 0.3 is 0 Å². The van der Waals surface area contributed by atoms with Crippen molar-refractivity contribution in [1.82, 2.24) is 24.6 Å². The molecular weight excluding hydrogens is 730 g/mol. The van der Waals surface area contributed by atoms with Crippen LogP contribution < -0.4 is 16.0 Å². The van der Waals surface area contributed by atoms with E-state index in [0.717, 1.165) is 0 Å². The van der Waals surface area contributed by atoms with E-state index in [1.54, 1.807) is 37.5 Å². The summed E-state index contributed by atoms with van der Waals surface area (Å²) in [6.45, 7) is 4.37. The molecule has 15 nitrogen and oxygen atoms in total. The molecule has 0 saturated carbocycles. The summed E-state index contributed by atoms with van der Waals surface area (Å²) >= 11 is 6.70. The minimum atomic E-state index is -0.980. The zero-order valence-electron chi connectivity index (χ0n) is 25.5. The Morgan fingerprint density at radius 1 is 1.07 bits per heavy atom. The summed E-state index contributed by atoms with van der Waals surface area (Å²) in [5, 5.41) is 25.4. The largest absolute Gasteiger partial charge is 0.387 e. The predicted molar refractivity (Wildman–Crippen MR) is 177 cm³/mol.